The van der Waals surface area contributed by atoms with Crippen LogP contribution in [0.4, 0.5) is 0 Å². The predicted molar refractivity (Wildman–Crippen MR) is 79.7 cm³/mol. The summed E-state index contributed by atoms with van der Waals surface area (Å²) in [6.07, 6.45) is 2.33. The number of fused-ring (bicyclic) bond motifs is 1. The second-order valence-electron chi connectivity index (χ2n) is 5.47. The molecule has 6 heteroatoms. The Hall–Kier alpha value is -1.82. The minimum Gasteiger partial charge on any atom is -0.488 e. The topological polar surface area (TPSA) is 63.7 Å². The summed E-state index contributed by atoms with van der Waals surface area (Å²) in [5, 5.41) is 0. The first-order chi connectivity index (χ1) is 9.96. The number of sulfone groups is 1. The molecule has 2 heterocycles. The normalized spacial score (nSPS) is 22.9. The molecule has 0 aliphatic carbocycles. The van der Waals surface area contributed by atoms with Gasteiger partial charge >= 0.3 is 0 Å². The Morgan fingerprint density at radius 2 is 2.10 bits per heavy atom. The molecule has 1 unspecified atom stereocenters. The van der Waals surface area contributed by atoms with Crippen molar-refractivity contribution >= 4 is 21.8 Å². The van der Waals surface area contributed by atoms with E-state index in [1.165, 1.54) is 4.90 Å². The van der Waals surface area contributed by atoms with Crippen LogP contribution in [-0.4, -0.2) is 50.4 Å². The van der Waals surface area contributed by atoms with Gasteiger partial charge in [-0.25, -0.2) is 8.42 Å². The van der Waals surface area contributed by atoms with Crippen molar-refractivity contribution in [1.29, 1.82) is 0 Å². The summed E-state index contributed by atoms with van der Waals surface area (Å²) in [5.41, 5.74) is 1.43. The van der Waals surface area contributed by atoms with Crippen molar-refractivity contribution in [3.8, 4) is 5.75 Å². The van der Waals surface area contributed by atoms with Gasteiger partial charge in [0.2, 0.25) is 0 Å². The monoisotopic (exact) mass is 307 g/mol. The lowest BCUT2D eigenvalue weighted by Gasteiger charge is -2.26. The fraction of sp³-hybridized carbons (Fsp3) is 0.400. The summed E-state index contributed by atoms with van der Waals surface area (Å²) in [4.78, 5) is 14.0. The third-order valence-electron chi connectivity index (χ3n) is 3.98. The van der Waals surface area contributed by atoms with Gasteiger partial charge in [-0.3, -0.25) is 4.79 Å². The molecule has 1 aromatic carbocycles. The number of nitrogens with zero attached hydrogens (tertiary/aromatic N) is 1. The predicted octanol–water partition coefficient (Wildman–Crippen LogP) is 1.11. The van der Waals surface area contributed by atoms with Gasteiger partial charge in [-0.05, 0) is 18.6 Å². The number of rotatable bonds is 2. The van der Waals surface area contributed by atoms with E-state index >= 15 is 0 Å². The Bertz CT molecular complexity index is 708. The van der Waals surface area contributed by atoms with E-state index in [0.29, 0.717) is 12.0 Å². The van der Waals surface area contributed by atoms with Crippen molar-refractivity contribution in [2.24, 2.45) is 0 Å². The largest absolute Gasteiger partial charge is 0.488 e. The minimum atomic E-state index is -3.00. The van der Waals surface area contributed by atoms with Crippen molar-refractivity contribution < 1.29 is 17.9 Å². The molecular weight excluding hydrogens is 290 g/mol. The van der Waals surface area contributed by atoms with Crippen molar-refractivity contribution in [3.05, 3.63) is 35.4 Å². The van der Waals surface area contributed by atoms with E-state index in [9.17, 15) is 13.2 Å². The van der Waals surface area contributed by atoms with Crippen LogP contribution in [0.5, 0.6) is 5.75 Å². The molecular formula is C15H17NO4S. The van der Waals surface area contributed by atoms with E-state index in [1.54, 1.807) is 7.05 Å². The highest BCUT2D eigenvalue weighted by molar-refractivity contribution is 7.91. The SMILES string of the molecule is CN(C(=O)C1=Cc2ccccc2OC1)C1CCS(=O)(=O)C1. The molecule has 0 saturated carbocycles. The van der Waals surface area contributed by atoms with Crippen LogP contribution >= 0.6 is 0 Å². The van der Waals surface area contributed by atoms with E-state index in [0.717, 1.165) is 11.3 Å². The van der Waals surface area contributed by atoms with Crippen molar-refractivity contribution in [3.63, 3.8) is 0 Å². The van der Waals surface area contributed by atoms with Crippen LogP contribution in [0.3, 0.4) is 0 Å². The molecule has 2 aliphatic heterocycles. The highest BCUT2D eigenvalue weighted by Gasteiger charge is 2.34. The molecule has 5 nitrogen and oxygen atoms in total. The fourth-order valence-corrected chi connectivity index (χ4v) is 4.49. The van der Waals surface area contributed by atoms with E-state index < -0.39 is 9.84 Å². The van der Waals surface area contributed by atoms with Gasteiger partial charge < -0.3 is 9.64 Å². The number of likely N-dealkylation sites (N-methyl/N-ethyl adjacent to an activating group) is 1. The minimum absolute atomic E-state index is 0.0555. The maximum Gasteiger partial charge on any atom is 0.253 e. The average Bonchev–Trinajstić information content (AvgIpc) is 2.85. The molecule has 21 heavy (non-hydrogen) atoms. The van der Waals surface area contributed by atoms with E-state index in [4.69, 9.17) is 4.74 Å². The lowest BCUT2D eigenvalue weighted by Crippen LogP contribution is -2.39. The second kappa shape index (κ2) is 5.18. The molecule has 1 saturated heterocycles. The molecule has 1 amide bonds. The Kier molecular flexibility index (Phi) is 3.49. The third kappa shape index (κ3) is 2.81. The maximum atomic E-state index is 12.5. The highest BCUT2D eigenvalue weighted by atomic mass is 32.2. The quantitative estimate of drug-likeness (QED) is 0.821. The Labute approximate surface area is 124 Å². The Morgan fingerprint density at radius 3 is 2.81 bits per heavy atom. The zero-order chi connectivity index (χ0) is 15.0. The van der Waals surface area contributed by atoms with Crippen LogP contribution in [-0.2, 0) is 14.6 Å². The molecule has 1 aromatic rings. The summed E-state index contributed by atoms with van der Waals surface area (Å²) in [6.45, 7) is 0.222. The number of carbonyl (C=O) groups is 1. The Balaban J connectivity index is 1.79. The fourth-order valence-electron chi connectivity index (χ4n) is 2.71. The van der Waals surface area contributed by atoms with Crippen LogP contribution in [0.25, 0.3) is 6.08 Å². The van der Waals surface area contributed by atoms with Crippen LogP contribution in [0.2, 0.25) is 0 Å². The van der Waals surface area contributed by atoms with Gasteiger partial charge in [-0.2, -0.15) is 0 Å². The smallest absolute Gasteiger partial charge is 0.253 e. The number of hydrogen-bond donors (Lipinski definition) is 0. The lowest BCUT2D eigenvalue weighted by atomic mass is 10.1. The van der Waals surface area contributed by atoms with Gasteiger partial charge in [0.1, 0.15) is 12.4 Å². The summed E-state index contributed by atoms with van der Waals surface area (Å²) in [5.74, 6) is 0.819. The average molecular weight is 307 g/mol. The van der Waals surface area contributed by atoms with E-state index in [-0.39, 0.29) is 30.1 Å². The number of benzene rings is 1. The first kappa shape index (κ1) is 14.1. The van der Waals surface area contributed by atoms with E-state index in [2.05, 4.69) is 0 Å². The van der Waals surface area contributed by atoms with Crippen LogP contribution in [0, 0.1) is 0 Å². The zero-order valence-electron chi connectivity index (χ0n) is 11.8. The van der Waals surface area contributed by atoms with Crippen LogP contribution in [0.1, 0.15) is 12.0 Å². The zero-order valence-corrected chi connectivity index (χ0v) is 12.6. The molecule has 3 rings (SSSR count). The molecule has 0 radical (unpaired) electrons. The second-order valence-corrected chi connectivity index (χ2v) is 7.70. The molecule has 0 bridgehead atoms. The molecule has 1 atom stereocenters. The highest BCUT2D eigenvalue weighted by Crippen LogP contribution is 2.27. The molecule has 0 N–H and O–H groups in total. The first-order valence-electron chi connectivity index (χ1n) is 6.86. The summed E-state index contributed by atoms with van der Waals surface area (Å²) >= 11 is 0. The van der Waals surface area contributed by atoms with Gasteiger partial charge in [0.15, 0.2) is 9.84 Å². The summed E-state index contributed by atoms with van der Waals surface area (Å²) in [7, 11) is -1.34. The first-order valence-corrected chi connectivity index (χ1v) is 8.68. The number of amides is 1. The van der Waals surface area contributed by atoms with Crippen molar-refractivity contribution in [2.45, 2.75) is 12.5 Å². The number of carbonyl (C=O) groups excluding carboxylic acids is 1. The molecule has 2 aliphatic rings. The molecule has 112 valence electrons. The Morgan fingerprint density at radius 1 is 1.33 bits per heavy atom. The molecule has 0 spiro atoms. The third-order valence-corrected chi connectivity index (χ3v) is 5.73. The van der Waals surface area contributed by atoms with Crippen molar-refractivity contribution in [2.75, 3.05) is 25.2 Å². The lowest BCUT2D eigenvalue weighted by molar-refractivity contribution is -0.127. The standard InChI is InChI=1S/C15H17NO4S/c1-16(13-6-7-21(18,19)10-13)15(17)12-8-11-4-2-3-5-14(11)20-9-12/h2-5,8,13H,6-7,9-10H2,1H3. The number of para-hydroxylation sites is 1. The van der Waals surface area contributed by atoms with Crippen LogP contribution in [0.15, 0.2) is 29.8 Å². The summed E-state index contributed by atoms with van der Waals surface area (Å²) in [6, 6.07) is 7.29. The van der Waals surface area contributed by atoms with E-state index in [1.807, 2.05) is 30.3 Å². The van der Waals surface area contributed by atoms with Gasteiger partial charge in [-0.1, -0.05) is 18.2 Å². The summed E-state index contributed by atoms with van der Waals surface area (Å²) < 4.78 is 28.6. The van der Waals surface area contributed by atoms with Gasteiger partial charge in [-0.15, -0.1) is 0 Å². The maximum absolute atomic E-state index is 12.5. The van der Waals surface area contributed by atoms with Gasteiger partial charge in [0.25, 0.3) is 5.91 Å². The van der Waals surface area contributed by atoms with Crippen LogP contribution < -0.4 is 4.74 Å². The molecule has 1 fully saturated rings. The van der Waals surface area contributed by atoms with Gasteiger partial charge in [0.05, 0.1) is 17.1 Å². The molecule has 0 aromatic heterocycles. The number of hydrogen-bond acceptors (Lipinski definition) is 4. The van der Waals surface area contributed by atoms with Gasteiger partial charge in [0, 0.05) is 18.7 Å². The van der Waals surface area contributed by atoms with Crippen molar-refractivity contribution in [1.82, 2.24) is 4.90 Å². The number of ether oxygens (including phenoxy) is 1.